The number of carbonyl (C=O) groups excluding carboxylic acids is 1. The molecule has 5 heteroatoms. The van der Waals surface area contributed by atoms with Crippen LogP contribution in [-0.2, 0) is 4.79 Å². The maximum absolute atomic E-state index is 11.7. The number of carbonyl (C=O) groups is 1. The number of fused-ring (bicyclic) bond motifs is 1. The molecule has 1 atom stereocenters. The molecule has 0 radical (unpaired) electrons. The second kappa shape index (κ2) is 6.70. The Labute approximate surface area is 117 Å². The van der Waals surface area contributed by atoms with Gasteiger partial charge in [-0.25, -0.2) is 0 Å². The van der Waals surface area contributed by atoms with Gasteiger partial charge in [-0.1, -0.05) is 0 Å². The van der Waals surface area contributed by atoms with Gasteiger partial charge in [0, 0.05) is 17.9 Å². The minimum atomic E-state index is -0.121. The molecule has 1 aliphatic rings. The van der Waals surface area contributed by atoms with E-state index in [1.807, 2.05) is 32.0 Å². The summed E-state index contributed by atoms with van der Waals surface area (Å²) >= 11 is 1.52. The molecule has 1 aromatic rings. The fourth-order valence-corrected chi connectivity index (χ4v) is 2.71. The van der Waals surface area contributed by atoms with Crippen molar-refractivity contribution in [3.63, 3.8) is 0 Å². The third-order valence-corrected chi connectivity index (χ3v) is 3.85. The summed E-state index contributed by atoms with van der Waals surface area (Å²) in [5.74, 6) is 1.61. The van der Waals surface area contributed by atoms with Crippen molar-refractivity contribution in [2.45, 2.75) is 30.4 Å². The Morgan fingerprint density at radius 3 is 2.84 bits per heavy atom. The second-order valence-corrected chi connectivity index (χ2v) is 5.73. The minimum absolute atomic E-state index is 0.0552. The van der Waals surface area contributed by atoms with Gasteiger partial charge in [-0.3, -0.25) is 4.79 Å². The normalized spacial score (nSPS) is 15.5. The lowest BCUT2D eigenvalue weighted by Crippen LogP contribution is -2.30. The Morgan fingerprint density at radius 1 is 1.37 bits per heavy atom. The van der Waals surface area contributed by atoms with Crippen molar-refractivity contribution < 1.29 is 14.3 Å². The maximum Gasteiger partial charge on any atom is 0.233 e. The SMILES string of the molecule is CCNC(=O)[C@H](C)Sc1ccc2c(c1)OCCCO2. The van der Waals surface area contributed by atoms with Crippen LogP contribution in [0.4, 0.5) is 0 Å². The molecule has 1 amide bonds. The molecule has 1 aliphatic heterocycles. The van der Waals surface area contributed by atoms with Crippen molar-refractivity contribution in [1.82, 2.24) is 5.32 Å². The van der Waals surface area contributed by atoms with Crippen LogP contribution in [0.25, 0.3) is 0 Å². The molecular weight excluding hydrogens is 262 g/mol. The molecule has 0 aromatic heterocycles. The first kappa shape index (κ1) is 14.1. The van der Waals surface area contributed by atoms with Crippen LogP contribution in [0.3, 0.4) is 0 Å². The molecule has 4 nitrogen and oxygen atoms in total. The Hall–Kier alpha value is -1.36. The highest BCUT2D eigenvalue weighted by molar-refractivity contribution is 8.00. The van der Waals surface area contributed by atoms with Crippen molar-refractivity contribution in [3.05, 3.63) is 18.2 Å². The van der Waals surface area contributed by atoms with Gasteiger partial charge in [0.2, 0.25) is 5.91 Å². The van der Waals surface area contributed by atoms with Gasteiger partial charge in [0.25, 0.3) is 0 Å². The van der Waals surface area contributed by atoms with Crippen LogP contribution < -0.4 is 14.8 Å². The van der Waals surface area contributed by atoms with Crippen molar-refractivity contribution in [2.24, 2.45) is 0 Å². The second-order valence-electron chi connectivity index (χ2n) is 4.31. The van der Waals surface area contributed by atoms with E-state index < -0.39 is 0 Å². The summed E-state index contributed by atoms with van der Waals surface area (Å²) in [5, 5.41) is 2.70. The van der Waals surface area contributed by atoms with Crippen molar-refractivity contribution in [1.29, 1.82) is 0 Å². The van der Waals surface area contributed by atoms with Gasteiger partial charge in [0.05, 0.1) is 18.5 Å². The third-order valence-electron chi connectivity index (χ3n) is 2.75. The number of rotatable bonds is 4. The van der Waals surface area contributed by atoms with Crippen LogP contribution in [0.2, 0.25) is 0 Å². The first-order valence-electron chi connectivity index (χ1n) is 6.54. The van der Waals surface area contributed by atoms with E-state index in [4.69, 9.17) is 9.47 Å². The molecule has 1 heterocycles. The average Bonchev–Trinajstić information content (AvgIpc) is 2.63. The molecule has 19 heavy (non-hydrogen) atoms. The molecule has 1 aromatic carbocycles. The minimum Gasteiger partial charge on any atom is -0.490 e. The fraction of sp³-hybridized carbons (Fsp3) is 0.500. The van der Waals surface area contributed by atoms with Crippen LogP contribution in [0, 0.1) is 0 Å². The van der Waals surface area contributed by atoms with Gasteiger partial charge in [-0.05, 0) is 32.0 Å². The van der Waals surface area contributed by atoms with E-state index in [1.165, 1.54) is 11.8 Å². The lowest BCUT2D eigenvalue weighted by atomic mass is 10.3. The van der Waals surface area contributed by atoms with Crippen LogP contribution in [0.1, 0.15) is 20.3 Å². The van der Waals surface area contributed by atoms with Crippen molar-refractivity contribution in [3.8, 4) is 11.5 Å². The van der Waals surface area contributed by atoms with Crippen LogP contribution in [-0.4, -0.2) is 30.9 Å². The number of thioether (sulfide) groups is 1. The highest BCUT2D eigenvalue weighted by Crippen LogP contribution is 2.35. The van der Waals surface area contributed by atoms with Crippen molar-refractivity contribution >= 4 is 17.7 Å². The van der Waals surface area contributed by atoms with E-state index >= 15 is 0 Å². The molecule has 0 spiro atoms. The first-order chi connectivity index (χ1) is 9.20. The Kier molecular flexibility index (Phi) is 4.96. The summed E-state index contributed by atoms with van der Waals surface area (Å²) in [6.07, 6.45) is 0.895. The van der Waals surface area contributed by atoms with Gasteiger partial charge >= 0.3 is 0 Å². The van der Waals surface area contributed by atoms with Gasteiger partial charge in [-0.15, -0.1) is 11.8 Å². The monoisotopic (exact) mass is 281 g/mol. The van der Waals surface area contributed by atoms with Gasteiger partial charge in [0.1, 0.15) is 0 Å². The Bertz CT molecular complexity index is 450. The van der Waals surface area contributed by atoms with Gasteiger partial charge in [-0.2, -0.15) is 0 Å². The molecule has 0 unspecified atom stereocenters. The molecule has 0 bridgehead atoms. The Morgan fingerprint density at radius 2 is 2.11 bits per heavy atom. The molecule has 0 aliphatic carbocycles. The fourth-order valence-electron chi connectivity index (χ4n) is 1.79. The molecule has 0 fully saturated rings. The van der Waals surface area contributed by atoms with Crippen LogP contribution >= 0.6 is 11.8 Å². The van der Waals surface area contributed by atoms with Gasteiger partial charge in [0.15, 0.2) is 11.5 Å². The van der Waals surface area contributed by atoms with Crippen molar-refractivity contribution in [2.75, 3.05) is 19.8 Å². The number of benzene rings is 1. The highest BCUT2D eigenvalue weighted by Gasteiger charge is 2.16. The highest BCUT2D eigenvalue weighted by atomic mass is 32.2. The number of hydrogen-bond donors (Lipinski definition) is 1. The molecule has 1 N–H and O–H groups in total. The predicted molar refractivity (Wildman–Crippen MR) is 76.1 cm³/mol. The number of ether oxygens (including phenoxy) is 2. The number of hydrogen-bond acceptors (Lipinski definition) is 4. The smallest absolute Gasteiger partial charge is 0.233 e. The summed E-state index contributed by atoms with van der Waals surface area (Å²) in [4.78, 5) is 12.7. The standard InChI is InChI=1S/C14H19NO3S/c1-3-15-14(16)10(2)19-11-5-6-12-13(9-11)18-8-4-7-17-12/h5-6,9-10H,3-4,7-8H2,1-2H3,(H,15,16)/t10-/m0/s1. The van der Waals surface area contributed by atoms with E-state index in [0.717, 1.165) is 22.8 Å². The third kappa shape index (κ3) is 3.80. The van der Waals surface area contributed by atoms with E-state index in [2.05, 4.69) is 5.32 Å². The molecule has 2 rings (SSSR count). The average molecular weight is 281 g/mol. The Balaban J connectivity index is 2.05. The summed E-state index contributed by atoms with van der Waals surface area (Å²) in [7, 11) is 0. The zero-order valence-corrected chi connectivity index (χ0v) is 12.1. The zero-order valence-electron chi connectivity index (χ0n) is 11.3. The summed E-state index contributed by atoms with van der Waals surface area (Å²) in [5.41, 5.74) is 0. The maximum atomic E-state index is 11.7. The quantitative estimate of drug-likeness (QED) is 0.861. The number of amides is 1. The topological polar surface area (TPSA) is 47.6 Å². The van der Waals surface area contributed by atoms with E-state index in [-0.39, 0.29) is 11.2 Å². The predicted octanol–water partition coefficient (Wildman–Crippen LogP) is 2.46. The first-order valence-corrected chi connectivity index (χ1v) is 7.42. The lowest BCUT2D eigenvalue weighted by molar-refractivity contribution is -0.120. The van der Waals surface area contributed by atoms with Crippen LogP contribution in [0.5, 0.6) is 11.5 Å². The van der Waals surface area contributed by atoms with E-state index in [1.54, 1.807) is 0 Å². The zero-order chi connectivity index (χ0) is 13.7. The molecule has 104 valence electrons. The molecule has 0 saturated heterocycles. The van der Waals surface area contributed by atoms with E-state index in [9.17, 15) is 4.79 Å². The largest absolute Gasteiger partial charge is 0.490 e. The molecular formula is C14H19NO3S. The van der Waals surface area contributed by atoms with Crippen LogP contribution in [0.15, 0.2) is 23.1 Å². The summed E-state index contributed by atoms with van der Waals surface area (Å²) < 4.78 is 11.2. The summed E-state index contributed by atoms with van der Waals surface area (Å²) in [6, 6.07) is 5.82. The number of nitrogens with one attached hydrogen (secondary N) is 1. The summed E-state index contributed by atoms with van der Waals surface area (Å²) in [6.45, 7) is 5.84. The molecule has 0 saturated carbocycles. The van der Waals surface area contributed by atoms with E-state index in [0.29, 0.717) is 19.8 Å². The van der Waals surface area contributed by atoms with Gasteiger partial charge < -0.3 is 14.8 Å². The lowest BCUT2D eigenvalue weighted by Gasteiger charge is -2.13.